The molecule has 4 aliphatic rings. The first-order valence-electron chi connectivity index (χ1n) is 21.8. The van der Waals surface area contributed by atoms with Gasteiger partial charge in [0.15, 0.2) is 0 Å². The minimum absolute atomic E-state index is 0.484. The van der Waals surface area contributed by atoms with Crippen molar-refractivity contribution in [1.82, 2.24) is 9.97 Å². The molecule has 2 aromatic heterocycles. The van der Waals surface area contributed by atoms with E-state index in [0.717, 1.165) is 42.7 Å². The Labute approximate surface area is 388 Å². The molecule has 0 radical (unpaired) electrons. The number of hydrogen-bond acceptors (Lipinski definition) is 2. The number of pyridine rings is 2. The molecule has 0 N–H and O–H groups in total. The van der Waals surface area contributed by atoms with Gasteiger partial charge in [-0.15, -0.1) is 0 Å². The van der Waals surface area contributed by atoms with Gasteiger partial charge in [0.2, 0.25) is 0 Å². The first-order valence-corrected chi connectivity index (χ1v) is 23.4. The zero-order chi connectivity index (χ0) is 42.3. The van der Waals surface area contributed by atoms with Gasteiger partial charge < -0.3 is 0 Å². The zero-order valence-corrected chi connectivity index (χ0v) is 37.5. The maximum absolute atomic E-state index is 5.61. The second-order valence-electron chi connectivity index (χ2n) is 17.4. The van der Waals surface area contributed by atoms with Gasteiger partial charge in [0.05, 0.1) is 27.9 Å². The van der Waals surface area contributed by atoms with Crippen LogP contribution in [-0.4, -0.2) is 9.97 Å². The second kappa shape index (κ2) is 13.3. The Balaban J connectivity index is 1.04. The molecule has 298 valence electrons. The van der Waals surface area contributed by atoms with E-state index in [0.29, 0.717) is 0 Å². The number of halogens is 2. The lowest BCUT2D eigenvalue weighted by atomic mass is 9.70. The van der Waals surface area contributed by atoms with Gasteiger partial charge in [0, 0.05) is 26.3 Å². The average Bonchev–Trinajstić information content (AvgIpc) is 4.02. The Morgan fingerprint density at radius 3 is 1.17 bits per heavy atom. The SMILES string of the molecule is Brc1ccc2c(c1)C1(c3ccccc3-c3ccccc31)c1cc(-c3ccc(-c4ccccn4)nc3-c3ccc4c(c3)C3(c5ccccc5-c5ccccc53)c3cc(Br)ccc3-4)ccc1-2. The zero-order valence-electron chi connectivity index (χ0n) is 34.3. The van der Waals surface area contributed by atoms with E-state index < -0.39 is 10.8 Å². The van der Waals surface area contributed by atoms with Crippen molar-refractivity contribution in [3.05, 3.63) is 260 Å². The predicted molar refractivity (Wildman–Crippen MR) is 266 cm³/mol. The largest absolute Gasteiger partial charge is 0.255 e. The fraction of sp³-hybridized carbons (Fsp3) is 0.0333. The van der Waals surface area contributed by atoms with Crippen molar-refractivity contribution >= 4 is 31.9 Å². The van der Waals surface area contributed by atoms with E-state index in [9.17, 15) is 0 Å². The van der Waals surface area contributed by atoms with Gasteiger partial charge in [-0.2, -0.15) is 0 Å². The van der Waals surface area contributed by atoms with E-state index >= 15 is 0 Å². The summed E-state index contributed by atoms with van der Waals surface area (Å²) in [6, 6.07) is 74.3. The summed E-state index contributed by atoms with van der Waals surface area (Å²) >= 11 is 7.78. The topological polar surface area (TPSA) is 25.8 Å². The highest BCUT2D eigenvalue weighted by atomic mass is 79.9. The molecule has 64 heavy (non-hydrogen) atoms. The number of nitrogens with zero attached hydrogens (tertiary/aromatic N) is 2. The van der Waals surface area contributed by atoms with E-state index in [-0.39, 0.29) is 0 Å². The molecule has 0 bridgehead atoms. The molecule has 4 heteroatoms. The molecule has 0 unspecified atom stereocenters. The Hall–Kier alpha value is -6.98. The smallest absolute Gasteiger partial charge is 0.0894 e. The molecule has 2 spiro atoms. The summed E-state index contributed by atoms with van der Waals surface area (Å²) in [4.78, 5) is 10.4. The Bertz CT molecular complexity index is 3570. The highest BCUT2D eigenvalue weighted by molar-refractivity contribution is 9.10. The molecule has 10 aromatic rings. The summed E-state index contributed by atoms with van der Waals surface area (Å²) in [5, 5.41) is 0. The molecule has 14 rings (SSSR count). The molecule has 0 amide bonds. The van der Waals surface area contributed by atoms with Crippen molar-refractivity contribution in [3.8, 4) is 78.3 Å². The molecule has 8 aromatic carbocycles. The van der Waals surface area contributed by atoms with Gasteiger partial charge in [-0.25, -0.2) is 4.98 Å². The van der Waals surface area contributed by atoms with Crippen molar-refractivity contribution in [1.29, 1.82) is 0 Å². The first kappa shape index (κ1) is 36.5. The fourth-order valence-electron chi connectivity index (χ4n) is 12.1. The summed E-state index contributed by atoms with van der Waals surface area (Å²) in [6.07, 6.45) is 1.85. The fourth-order valence-corrected chi connectivity index (χ4v) is 12.8. The van der Waals surface area contributed by atoms with E-state index in [1.165, 1.54) is 89.0 Å². The highest BCUT2D eigenvalue weighted by Crippen LogP contribution is 2.65. The normalized spacial score (nSPS) is 14.3. The maximum atomic E-state index is 5.61. The third-order valence-electron chi connectivity index (χ3n) is 14.5. The predicted octanol–water partition coefficient (Wildman–Crippen LogP) is 15.7. The summed E-state index contributed by atoms with van der Waals surface area (Å²) in [5.74, 6) is 0. The molecule has 0 aliphatic heterocycles. The van der Waals surface area contributed by atoms with Crippen LogP contribution in [0.25, 0.3) is 78.3 Å². The Morgan fingerprint density at radius 1 is 0.297 bits per heavy atom. The molecule has 0 fully saturated rings. The van der Waals surface area contributed by atoms with Crippen molar-refractivity contribution in [2.24, 2.45) is 0 Å². The number of hydrogen-bond donors (Lipinski definition) is 0. The molecule has 0 atom stereocenters. The van der Waals surface area contributed by atoms with Crippen molar-refractivity contribution < 1.29 is 0 Å². The highest BCUT2D eigenvalue weighted by Gasteiger charge is 2.53. The number of rotatable bonds is 3. The van der Waals surface area contributed by atoms with Crippen molar-refractivity contribution in [2.75, 3.05) is 0 Å². The van der Waals surface area contributed by atoms with Crippen molar-refractivity contribution in [3.63, 3.8) is 0 Å². The van der Waals surface area contributed by atoms with Gasteiger partial charge >= 0.3 is 0 Å². The lowest BCUT2D eigenvalue weighted by Crippen LogP contribution is -2.26. The average molecular weight is 943 g/mol. The van der Waals surface area contributed by atoms with Gasteiger partial charge in [-0.3, -0.25) is 4.98 Å². The van der Waals surface area contributed by atoms with E-state index in [2.05, 4.69) is 214 Å². The second-order valence-corrected chi connectivity index (χ2v) is 19.2. The van der Waals surface area contributed by atoms with E-state index in [4.69, 9.17) is 9.97 Å². The minimum atomic E-state index is -0.500. The van der Waals surface area contributed by atoms with Crippen LogP contribution < -0.4 is 0 Å². The van der Waals surface area contributed by atoms with Crippen LogP contribution in [0.1, 0.15) is 44.5 Å². The van der Waals surface area contributed by atoms with Gasteiger partial charge in [-0.1, -0.05) is 171 Å². The summed E-state index contributed by atoms with van der Waals surface area (Å²) in [6.45, 7) is 0. The van der Waals surface area contributed by atoms with Gasteiger partial charge in [0.25, 0.3) is 0 Å². The maximum Gasteiger partial charge on any atom is 0.0894 e. The van der Waals surface area contributed by atoms with Crippen LogP contribution in [0.4, 0.5) is 0 Å². The summed E-state index contributed by atoms with van der Waals surface area (Å²) in [5.41, 5.74) is 25.6. The molecule has 0 saturated heterocycles. The molecule has 2 nitrogen and oxygen atoms in total. The third-order valence-corrected chi connectivity index (χ3v) is 15.5. The lowest BCUT2D eigenvalue weighted by Gasteiger charge is -2.31. The number of benzene rings is 8. The van der Waals surface area contributed by atoms with Gasteiger partial charge in [-0.05, 0) is 155 Å². The molecule has 2 heterocycles. The lowest BCUT2D eigenvalue weighted by molar-refractivity contribution is 0.793. The summed E-state index contributed by atoms with van der Waals surface area (Å²) in [7, 11) is 0. The van der Waals surface area contributed by atoms with E-state index in [1.54, 1.807) is 0 Å². The van der Waals surface area contributed by atoms with Crippen LogP contribution in [0.2, 0.25) is 0 Å². The first-order chi connectivity index (χ1) is 31.5. The third kappa shape index (κ3) is 4.64. The summed E-state index contributed by atoms with van der Waals surface area (Å²) < 4.78 is 2.15. The van der Waals surface area contributed by atoms with Crippen molar-refractivity contribution in [2.45, 2.75) is 10.8 Å². The molecular weight excluding hydrogens is 908 g/mol. The van der Waals surface area contributed by atoms with Gasteiger partial charge in [0.1, 0.15) is 0 Å². The van der Waals surface area contributed by atoms with Crippen LogP contribution in [0, 0.1) is 0 Å². The monoisotopic (exact) mass is 940 g/mol. The van der Waals surface area contributed by atoms with Crippen LogP contribution in [0.3, 0.4) is 0 Å². The quantitative estimate of drug-likeness (QED) is 0.176. The standard InChI is InChI=1S/C60H34Br2N2/c61-37-22-26-46-44-24-20-35(31-52(44)59(54(46)33-37)48-15-5-1-11-40(48)41-12-2-6-16-49(41)59)39-28-29-57(56-19-9-10-30-63-56)64-58(39)36-21-25-45-47-27-23-38(62)34-55(47)60(53(45)32-36)50-17-7-3-13-42(50)43-14-4-8-18-51(43)60/h1-34H. The number of fused-ring (bicyclic) bond motifs is 20. The van der Waals surface area contributed by atoms with Crippen LogP contribution in [0.15, 0.2) is 215 Å². The molecule has 0 saturated carbocycles. The van der Waals surface area contributed by atoms with Crippen LogP contribution in [-0.2, 0) is 10.8 Å². The van der Waals surface area contributed by atoms with Crippen LogP contribution in [0.5, 0.6) is 0 Å². The molecule has 4 aliphatic carbocycles. The molecular formula is C60H34Br2N2. The van der Waals surface area contributed by atoms with Crippen LogP contribution >= 0.6 is 31.9 Å². The minimum Gasteiger partial charge on any atom is -0.255 e. The number of aromatic nitrogens is 2. The Morgan fingerprint density at radius 2 is 0.688 bits per heavy atom. The Kier molecular flexibility index (Phi) is 7.57. The van der Waals surface area contributed by atoms with E-state index in [1.807, 2.05) is 24.4 Å².